The maximum atomic E-state index is 12.0. The minimum Gasteiger partial charge on any atom is -0.484 e. The summed E-state index contributed by atoms with van der Waals surface area (Å²) < 4.78 is 5.56. The largest absolute Gasteiger partial charge is 0.484 e. The second kappa shape index (κ2) is 6.84. The molecule has 0 unspecified atom stereocenters. The lowest BCUT2D eigenvalue weighted by atomic mass is 10.1. The number of carbonyl (C=O) groups is 1. The molecule has 0 bridgehead atoms. The highest BCUT2D eigenvalue weighted by molar-refractivity contribution is 6.32. The van der Waals surface area contributed by atoms with E-state index < -0.39 is 0 Å². The molecule has 116 valence electrons. The summed E-state index contributed by atoms with van der Waals surface area (Å²) in [7, 11) is 0. The van der Waals surface area contributed by atoms with E-state index in [0.29, 0.717) is 5.75 Å². The first-order valence-electron chi connectivity index (χ1n) is 7.13. The summed E-state index contributed by atoms with van der Waals surface area (Å²) in [5.41, 5.74) is 4.82. The second-order valence-corrected chi connectivity index (χ2v) is 5.90. The molecule has 0 fully saturated rings. The average Bonchev–Trinajstić information content (AvgIpc) is 2.46. The topological polar surface area (TPSA) is 38.3 Å². The van der Waals surface area contributed by atoms with E-state index in [2.05, 4.69) is 5.32 Å². The van der Waals surface area contributed by atoms with Crippen LogP contribution in [0.1, 0.15) is 22.3 Å². The van der Waals surface area contributed by atoms with Gasteiger partial charge in [0.2, 0.25) is 0 Å². The van der Waals surface area contributed by atoms with Crippen LogP contribution in [-0.4, -0.2) is 12.5 Å². The molecule has 0 aliphatic heterocycles. The molecule has 0 spiro atoms. The molecule has 2 aromatic rings. The highest BCUT2D eigenvalue weighted by Crippen LogP contribution is 2.25. The molecular weight excluding hydrogens is 298 g/mol. The molecule has 0 aliphatic rings. The zero-order valence-corrected chi connectivity index (χ0v) is 14.0. The summed E-state index contributed by atoms with van der Waals surface area (Å²) in [5.74, 6) is 0.467. The molecular formula is C18H20ClNO2. The molecule has 0 aliphatic carbocycles. The summed E-state index contributed by atoms with van der Waals surface area (Å²) in [6.45, 7) is 7.75. The monoisotopic (exact) mass is 317 g/mol. The van der Waals surface area contributed by atoms with Gasteiger partial charge >= 0.3 is 0 Å². The van der Waals surface area contributed by atoms with Crippen LogP contribution in [0, 0.1) is 27.7 Å². The zero-order chi connectivity index (χ0) is 16.3. The molecule has 0 atom stereocenters. The summed E-state index contributed by atoms with van der Waals surface area (Å²) in [5, 5.41) is 3.60. The number of halogens is 1. The average molecular weight is 318 g/mol. The molecule has 1 amide bonds. The number of hydrogen-bond acceptors (Lipinski definition) is 2. The Morgan fingerprint density at radius 2 is 1.68 bits per heavy atom. The predicted octanol–water partition coefficient (Wildman–Crippen LogP) is 4.59. The Hall–Kier alpha value is -2.00. The van der Waals surface area contributed by atoms with Crippen LogP contribution in [0.5, 0.6) is 5.75 Å². The van der Waals surface area contributed by atoms with Crippen molar-refractivity contribution in [3.8, 4) is 5.75 Å². The van der Waals surface area contributed by atoms with Gasteiger partial charge in [-0.1, -0.05) is 23.7 Å². The number of ether oxygens (including phenoxy) is 1. The zero-order valence-electron chi connectivity index (χ0n) is 13.3. The molecule has 0 aromatic heterocycles. The van der Waals surface area contributed by atoms with E-state index in [0.717, 1.165) is 33.0 Å². The number of anilines is 1. The van der Waals surface area contributed by atoms with Crippen molar-refractivity contribution in [1.82, 2.24) is 0 Å². The van der Waals surface area contributed by atoms with Gasteiger partial charge in [0.25, 0.3) is 5.91 Å². The molecule has 0 saturated carbocycles. The van der Waals surface area contributed by atoms with Crippen LogP contribution in [0.4, 0.5) is 5.69 Å². The van der Waals surface area contributed by atoms with Gasteiger partial charge in [-0.15, -0.1) is 0 Å². The first kappa shape index (κ1) is 16.4. The molecule has 0 saturated heterocycles. The third kappa shape index (κ3) is 4.01. The summed E-state index contributed by atoms with van der Waals surface area (Å²) in [4.78, 5) is 12.0. The Bertz CT molecular complexity index is 687. The quantitative estimate of drug-likeness (QED) is 0.895. The maximum Gasteiger partial charge on any atom is 0.262 e. The van der Waals surface area contributed by atoms with E-state index >= 15 is 0 Å². The highest BCUT2D eigenvalue weighted by atomic mass is 35.5. The number of nitrogens with one attached hydrogen (secondary N) is 1. The number of rotatable bonds is 4. The van der Waals surface area contributed by atoms with Crippen LogP contribution in [0.25, 0.3) is 0 Å². The molecule has 4 heteroatoms. The molecule has 3 nitrogen and oxygen atoms in total. The third-order valence-corrected chi connectivity index (χ3v) is 4.04. The Labute approximate surface area is 136 Å². The van der Waals surface area contributed by atoms with Gasteiger partial charge < -0.3 is 10.1 Å². The summed E-state index contributed by atoms with van der Waals surface area (Å²) in [6.07, 6.45) is 0. The Morgan fingerprint density at radius 1 is 1.05 bits per heavy atom. The van der Waals surface area contributed by atoms with Gasteiger partial charge in [-0.05, 0) is 68.1 Å². The highest BCUT2D eigenvalue weighted by Gasteiger charge is 2.08. The number of hydrogen-bond donors (Lipinski definition) is 1. The van der Waals surface area contributed by atoms with Crippen LogP contribution >= 0.6 is 11.6 Å². The van der Waals surface area contributed by atoms with Gasteiger partial charge in [-0.3, -0.25) is 4.79 Å². The molecule has 0 heterocycles. The normalized spacial score (nSPS) is 10.4. The molecule has 2 rings (SSSR count). The van der Waals surface area contributed by atoms with Crippen molar-refractivity contribution in [1.29, 1.82) is 0 Å². The number of aryl methyl sites for hydroxylation is 4. The van der Waals surface area contributed by atoms with Gasteiger partial charge in [-0.2, -0.15) is 0 Å². The number of benzene rings is 2. The van der Waals surface area contributed by atoms with E-state index in [1.807, 2.05) is 58.0 Å². The third-order valence-electron chi connectivity index (χ3n) is 3.45. The Balaban J connectivity index is 2.00. The van der Waals surface area contributed by atoms with Gasteiger partial charge in [-0.25, -0.2) is 0 Å². The first-order chi connectivity index (χ1) is 10.4. The lowest BCUT2D eigenvalue weighted by Gasteiger charge is -2.12. The Morgan fingerprint density at radius 3 is 2.32 bits per heavy atom. The summed E-state index contributed by atoms with van der Waals surface area (Å²) >= 11 is 6.12. The van der Waals surface area contributed by atoms with E-state index in [1.54, 1.807) is 0 Å². The van der Waals surface area contributed by atoms with Crippen molar-refractivity contribution in [3.63, 3.8) is 0 Å². The van der Waals surface area contributed by atoms with E-state index in [-0.39, 0.29) is 12.5 Å². The predicted molar refractivity (Wildman–Crippen MR) is 91.0 cm³/mol. The lowest BCUT2D eigenvalue weighted by Crippen LogP contribution is -2.20. The number of amides is 1. The fraction of sp³-hybridized carbons (Fsp3) is 0.278. The molecule has 2 aromatic carbocycles. The standard InChI is InChI=1S/C18H20ClNO2/c1-11-5-6-12(2)16(7-11)20-17(21)10-22-15-8-13(3)18(19)14(4)9-15/h5-9H,10H2,1-4H3,(H,20,21). The first-order valence-corrected chi connectivity index (χ1v) is 7.51. The molecule has 0 radical (unpaired) electrons. The van der Waals surface area contributed by atoms with Crippen LogP contribution in [0.2, 0.25) is 5.02 Å². The van der Waals surface area contributed by atoms with Crippen molar-refractivity contribution in [2.45, 2.75) is 27.7 Å². The van der Waals surface area contributed by atoms with E-state index in [1.165, 1.54) is 0 Å². The fourth-order valence-corrected chi connectivity index (χ4v) is 2.30. The van der Waals surface area contributed by atoms with E-state index in [4.69, 9.17) is 16.3 Å². The van der Waals surface area contributed by atoms with Gasteiger partial charge in [0.15, 0.2) is 6.61 Å². The fourth-order valence-electron chi connectivity index (χ4n) is 2.20. The van der Waals surface area contributed by atoms with Crippen molar-refractivity contribution < 1.29 is 9.53 Å². The molecule has 22 heavy (non-hydrogen) atoms. The second-order valence-electron chi connectivity index (χ2n) is 5.53. The minimum absolute atomic E-state index is 0.0338. The Kier molecular flexibility index (Phi) is 5.09. The van der Waals surface area contributed by atoms with E-state index in [9.17, 15) is 4.79 Å². The lowest BCUT2D eigenvalue weighted by molar-refractivity contribution is -0.118. The maximum absolute atomic E-state index is 12.0. The van der Waals surface area contributed by atoms with Crippen molar-refractivity contribution in [3.05, 3.63) is 57.6 Å². The van der Waals surface area contributed by atoms with Gasteiger partial charge in [0.1, 0.15) is 5.75 Å². The van der Waals surface area contributed by atoms with Crippen LogP contribution < -0.4 is 10.1 Å². The van der Waals surface area contributed by atoms with Crippen molar-refractivity contribution in [2.75, 3.05) is 11.9 Å². The number of carbonyl (C=O) groups excluding carboxylic acids is 1. The molecule has 1 N–H and O–H groups in total. The van der Waals surface area contributed by atoms with Crippen molar-refractivity contribution in [2.24, 2.45) is 0 Å². The van der Waals surface area contributed by atoms with Crippen LogP contribution in [0.3, 0.4) is 0 Å². The summed E-state index contributed by atoms with van der Waals surface area (Å²) in [6, 6.07) is 9.61. The minimum atomic E-state index is -0.182. The van der Waals surface area contributed by atoms with Crippen LogP contribution in [-0.2, 0) is 4.79 Å². The smallest absolute Gasteiger partial charge is 0.262 e. The SMILES string of the molecule is Cc1ccc(C)c(NC(=O)COc2cc(C)c(Cl)c(C)c2)c1. The van der Waals surface area contributed by atoms with Gasteiger partial charge in [0.05, 0.1) is 0 Å². The van der Waals surface area contributed by atoms with Crippen molar-refractivity contribution >= 4 is 23.2 Å². The van der Waals surface area contributed by atoms with Crippen LogP contribution in [0.15, 0.2) is 30.3 Å². The van der Waals surface area contributed by atoms with Gasteiger partial charge in [0, 0.05) is 10.7 Å².